The molecule has 1 aliphatic carbocycles. The number of carbonyl (C=O) groups is 4. The van der Waals surface area contributed by atoms with Crippen molar-refractivity contribution >= 4 is 75.2 Å². The number of carboxylic acid groups (broad SMARTS) is 1. The first-order valence-corrected chi connectivity index (χ1v) is 27.3. The van der Waals surface area contributed by atoms with Crippen LogP contribution in [0.3, 0.4) is 0 Å². The molecule has 5 N–H and O–H groups in total. The van der Waals surface area contributed by atoms with Gasteiger partial charge in [-0.1, -0.05) is 18.2 Å². The van der Waals surface area contributed by atoms with Gasteiger partial charge in [-0.25, -0.2) is 9.37 Å². The summed E-state index contributed by atoms with van der Waals surface area (Å²) in [7, 11) is -17.1. The van der Waals surface area contributed by atoms with E-state index in [1.165, 1.54) is 6.07 Å². The standard InChI is InChI=1S/C41H49N3O19S4/c45-37-15-16-38(46)44(37)63-41(49)28-10-12-30(40(47)48)33(24-28)39-31-13-9-27(34(8-7-23-67(59,60)61)42-17-1-4-20-64(50,51)52)25-35(31)62-36-26-29(11-14-32(36)39)43(18-2-5-21-65(53,54)55)19-3-6-22-66(56,57)58/h9-14,24-26,34,42H,1-8,15-23H2,(H4-,47,48,50,51,52,53,54,55,56,57,58,59,60,61). The highest BCUT2D eigenvalue weighted by molar-refractivity contribution is 7.86. The lowest BCUT2D eigenvalue weighted by Gasteiger charge is -2.22. The summed E-state index contributed by atoms with van der Waals surface area (Å²) >= 11 is 0. The number of benzene rings is 3. The van der Waals surface area contributed by atoms with Crippen LogP contribution < -0.4 is 20.4 Å². The van der Waals surface area contributed by atoms with E-state index in [0.29, 0.717) is 16.0 Å². The number of unbranched alkanes of at least 4 members (excludes halogenated alkanes) is 3. The molecular weight excluding hydrogens is 967 g/mol. The van der Waals surface area contributed by atoms with Gasteiger partial charge in [-0.3, -0.25) is 27.8 Å². The Labute approximate surface area is 385 Å². The zero-order valence-electron chi connectivity index (χ0n) is 35.7. The summed E-state index contributed by atoms with van der Waals surface area (Å²) in [4.78, 5) is 55.8. The van der Waals surface area contributed by atoms with Crippen molar-refractivity contribution in [1.82, 2.24) is 15.0 Å². The third-order valence-corrected chi connectivity index (χ3v) is 13.9. The number of rotatable bonds is 25. The van der Waals surface area contributed by atoms with Crippen molar-refractivity contribution in [2.45, 2.75) is 70.3 Å². The van der Waals surface area contributed by atoms with E-state index < -0.39 is 98.8 Å². The number of nitrogens with zero attached hydrogens (tertiary/aromatic N) is 2. The molecule has 1 saturated heterocycles. The van der Waals surface area contributed by atoms with Crippen molar-refractivity contribution in [3.8, 4) is 22.5 Å². The Kier molecular flexibility index (Phi) is 17.5. The molecule has 2 heterocycles. The molecular formula is C41H49N3O19S4. The molecule has 2 amide bonds. The highest BCUT2D eigenvalue weighted by atomic mass is 32.2. The fourth-order valence-corrected chi connectivity index (χ4v) is 9.77. The first-order valence-electron chi connectivity index (χ1n) is 20.8. The number of fused-ring (bicyclic) bond motifs is 2. The lowest BCUT2D eigenvalue weighted by molar-refractivity contribution is -0.255. The van der Waals surface area contributed by atoms with Crippen molar-refractivity contribution < 1.29 is 85.4 Å². The molecule has 1 fully saturated rings. The van der Waals surface area contributed by atoms with Crippen LogP contribution in [0.1, 0.15) is 96.5 Å². The summed E-state index contributed by atoms with van der Waals surface area (Å²) in [6, 6.07) is 12.3. The maximum atomic E-state index is 13.4. The molecule has 3 aliphatic rings. The number of nitrogens with one attached hydrogen (secondary N) is 1. The normalized spacial score (nSPS) is 14.2. The van der Waals surface area contributed by atoms with Gasteiger partial charge in [0.05, 0.1) is 40.6 Å². The number of carboxylic acids is 1. The van der Waals surface area contributed by atoms with Gasteiger partial charge in [-0.15, -0.1) is 5.06 Å². The lowest BCUT2D eigenvalue weighted by Crippen LogP contribution is -2.32. The van der Waals surface area contributed by atoms with Crippen LogP contribution in [0.5, 0.6) is 0 Å². The van der Waals surface area contributed by atoms with Crippen LogP contribution in [0, 0.1) is 0 Å². The molecule has 0 bridgehead atoms. The molecule has 2 aliphatic heterocycles. The van der Waals surface area contributed by atoms with Crippen LogP contribution in [0.2, 0.25) is 0 Å². The monoisotopic (exact) mass is 1020 g/mol. The van der Waals surface area contributed by atoms with Crippen LogP contribution in [0.15, 0.2) is 59.0 Å². The fraction of sp³-hybridized carbons (Fsp3) is 0.439. The smallest absolute Gasteiger partial charge is 0.363 e. The van der Waals surface area contributed by atoms with Gasteiger partial charge in [0.15, 0.2) is 0 Å². The third kappa shape index (κ3) is 16.0. The molecule has 0 saturated carbocycles. The van der Waals surface area contributed by atoms with Crippen LogP contribution >= 0.6 is 0 Å². The van der Waals surface area contributed by atoms with E-state index in [9.17, 15) is 71.6 Å². The van der Waals surface area contributed by atoms with Crippen molar-refractivity contribution in [3.05, 3.63) is 76.6 Å². The van der Waals surface area contributed by atoms with E-state index >= 15 is 0 Å². The summed E-state index contributed by atoms with van der Waals surface area (Å²) in [5.74, 6) is -6.36. The summed E-state index contributed by atoms with van der Waals surface area (Å²) < 4.78 is 137. The SMILES string of the molecule is O=C(ON1C(=O)CCC1=O)c1ccc(C(=O)[O-])c(-c2c3ccc(=[N+](CCCCS(=O)(=O)O)CCCCS(=O)(=O)O)cc-3oc3cc(C(CCCS(=O)(=O)O)NCCCCS(=O)(=O)O)ccc23)c1. The number of aromatic carboxylic acids is 1. The summed E-state index contributed by atoms with van der Waals surface area (Å²) in [5, 5.41) is 17.1. The molecule has 22 nitrogen and oxygen atoms in total. The molecule has 366 valence electrons. The summed E-state index contributed by atoms with van der Waals surface area (Å²) in [6.07, 6.45) is 0.686. The Bertz CT molecular complexity index is 2970. The fourth-order valence-electron chi connectivity index (χ4n) is 7.54. The van der Waals surface area contributed by atoms with Crippen LogP contribution in [0.4, 0.5) is 0 Å². The molecule has 2 aromatic rings. The van der Waals surface area contributed by atoms with E-state index in [0.717, 1.165) is 12.1 Å². The van der Waals surface area contributed by atoms with Gasteiger partial charge in [0.2, 0.25) is 5.36 Å². The third-order valence-electron chi connectivity index (χ3n) is 10.7. The minimum atomic E-state index is -4.36. The van der Waals surface area contributed by atoms with Crippen molar-refractivity contribution in [1.29, 1.82) is 0 Å². The molecule has 1 atom stereocenters. The second-order valence-corrected chi connectivity index (χ2v) is 22.1. The molecule has 26 heteroatoms. The van der Waals surface area contributed by atoms with Gasteiger partial charge in [0.25, 0.3) is 52.3 Å². The maximum Gasteiger partial charge on any atom is 0.363 e. The average Bonchev–Trinajstić information content (AvgIpc) is 3.54. The molecule has 5 rings (SSSR count). The van der Waals surface area contributed by atoms with Gasteiger partial charge in [0, 0.05) is 59.9 Å². The Balaban J connectivity index is 1.72. The summed E-state index contributed by atoms with van der Waals surface area (Å²) in [5.41, 5.74) is 0.324. The zero-order valence-corrected chi connectivity index (χ0v) is 39.0. The minimum Gasteiger partial charge on any atom is -0.545 e. The molecule has 0 spiro atoms. The van der Waals surface area contributed by atoms with E-state index in [4.69, 9.17) is 13.8 Å². The van der Waals surface area contributed by atoms with Gasteiger partial charge < -0.3 is 24.5 Å². The number of carbonyl (C=O) groups excluding carboxylic acids is 4. The molecule has 2 aromatic carbocycles. The Hall–Kier alpha value is -5.19. The van der Waals surface area contributed by atoms with Crippen molar-refractivity contribution in [2.75, 3.05) is 42.6 Å². The second kappa shape index (κ2) is 22.3. The van der Waals surface area contributed by atoms with Crippen LogP contribution in [-0.2, 0) is 54.9 Å². The highest BCUT2D eigenvalue weighted by Crippen LogP contribution is 2.42. The summed E-state index contributed by atoms with van der Waals surface area (Å²) in [6.45, 7) is 0.587. The van der Waals surface area contributed by atoms with Crippen LogP contribution in [0.25, 0.3) is 33.4 Å². The minimum absolute atomic E-state index is 0.0280. The van der Waals surface area contributed by atoms with Crippen LogP contribution in [-0.4, -0.2) is 123 Å². The lowest BCUT2D eigenvalue weighted by atomic mass is 9.88. The molecule has 0 radical (unpaired) electrons. The first kappa shape index (κ1) is 52.8. The number of hydrogen-bond donors (Lipinski definition) is 5. The predicted octanol–water partition coefficient (Wildman–Crippen LogP) is 1.86. The molecule has 1 unspecified atom stereocenters. The van der Waals surface area contributed by atoms with E-state index in [1.54, 1.807) is 41.0 Å². The number of hydroxylamine groups is 2. The van der Waals surface area contributed by atoms with Gasteiger partial charge in [-0.05, 0) is 80.5 Å². The second-order valence-electron chi connectivity index (χ2n) is 15.8. The Morgan fingerprint density at radius 2 is 1.27 bits per heavy atom. The van der Waals surface area contributed by atoms with Gasteiger partial charge in [0.1, 0.15) is 24.4 Å². The van der Waals surface area contributed by atoms with Crippen molar-refractivity contribution in [3.63, 3.8) is 0 Å². The van der Waals surface area contributed by atoms with E-state index in [2.05, 4.69) is 5.32 Å². The maximum absolute atomic E-state index is 13.4. The van der Waals surface area contributed by atoms with E-state index in [-0.39, 0.29) is 123 Å². The average molecular weight is 1020 g/mol. The number of imide groups is 1. The van der Waals surface area contributed by atoms with Gasteiger partial charge in [-0.2, -0.15) is 33.7 Å². The van der Waals surface area contributed by atoms with Crippen molar-refractivity contribution in [2.24, 2.45) is 0 Å². The molecule has 67 heavy (non-hydrogen) atoms. The first-order chi connectivity index (χ1) is 31.3. The number of amides is 2. The Morgan fingerprint density at radius 3 is 1.84 bits per heavy atom. The highest BCUT2D eigenvalue weighted by Gasteiger charge is 2.34. The predicted molar refractivity (Wildman–Crippen MR) is 237 cm³/mol. The Morgan fingerprint density at radius 1 is 0.701 bits per heavy atom. The molecule has 0 aromatic heterocycles. The quantitative estimate of drug-likeness (QED) is 0.0208. The number of hydrogen-bond acceptors (Lipinski definition) is 16. The zero-order chi connectivity index (χ0) is 49.3. The topological polar surface area (TPSA) is 349 Å². The van der Waals surface area contributed by atoms with Gasteiger partial charge >= 0.3 is 5.97 Å². The largest absolute Gasteiger partial charge is 0.545 e. The van der Waals surface area contributed by atoms with E-state index in [1.807, 2.05) is 0 Å².